The third-order valence-corrected chi connectivity index (χ3v) is 7.06. The molecule has 0 radical (unpaired) electrons. The molecule has 2 aromatic heterocycles. The number of pyridine rings is 1. The fourth-order valence-electron chi connectivity index (χ4n) is 3.58. The van der Waals surface area contributed by atoms with Gasteiger partial charge in [-0.2, -0.15) is 5.10 Å². The predicted molar refractivity (Wildman–Crippen MR) is 122 cm³/mol. The number of methoxy groups -OCH3 is 1. The zero-order valence-corrected chi connectivity index (χ0v) is 18.5. The van der Waals surface area contributed by atoms with Crippen LogP contribution in [0.2, 0.25) is 0 Å². The second-order valence-corrected chi connectivity index (χ2v) is 9.49. The van der Waals surface area contributed by atoms with E-state index < -0.39 is 9.84 Å². The van der Waals surface area contributed by atoms with Crippen LogP contribution in [0, 0.1) is 6.57 Å². The SMILES string of the molecule is [C-]#[N+]c1cnn(-c2ccc3c(=O)n(C)cc(-c4cc(S(=O)(=O)CC)ccc4OC)c3c2)c1. The average Bonchev–Trinajstić information content (AvgIpc) is 3.30. The molecule has 32 heavy (non-hydrogen) atoms. The maximum absolute atomic E-state index is 12.8. The molecular formula is C23H20N4O4S. The van der Waals surface area contributed by atoms with Crippen LogP contribution in [0.4, 0.5) is 5.69 Å². The number of aromatic nitrogens is 3. The monoisotopic (exact) mass is 448 g/mol. The summed E-state index contributed by atoms with van der Waals surface area (Å²) in [4.78, 5) is 16.4. The number of benzene rings is 2. The number of hydrogen-bond acceptors (Lipinski definition) is 5. The van der Waals surface area contributed by atoms with Crippen molar-refractivity contribution in [2.75, 3.05) is 12.9 Å². The number of ether oxygens (including phenoxy) is 1. The van der Waals surface area contributed by atoms with Gasteiger partial charge in [0.1, 0.15) is 5.75 Å². The molecule has 0 unspecified atom stereocenters. The highest BCUT2D eigenvalue weighted by atomic mass is 32.2. The number of hydrogen-bond donors (Lipinski definition) is 0. The van der Waals surface area contributed by atoms with Gasteiger partial charge in [0.05, 0.1) is 36.2 Å². The van der Waals surface area contributed by atoms with Crippen LogP contribution in [-0.2, 0) is 16.9 Å². The van der Waals surface area contributed by atoms with Crippen LogP contribution in [0.5, 0.6) is 5.75 Å². The number of aryl methyl sites for hydroxylation is 1. The molecule has 0 amide bonds. The highest BCUT2D eigenvalue weighted by Gasteiger charge is 2.19. The normalized spacial score (nSPS) is 11.4. The van der Waals surface area contributed by atoms with E-state index in [1.807, 2.05) is 0 Å². The van der Waals surface area contributed by atoms with Gasteiger partial charge in [-0.05, 0) is 41.8 Å². The number of rotatable bonds is 5. The molecule has 0 N–H and O–H groups in total. The third kappa shape index (κ3) is 3.55. The van der Waals surface area contributed by atoms with E-state index in [-0.39, 0.29) is 16.2 Å². The van der Waals surface area contributed by atoms with E-state index in [4.69, 9.17) is 11.3 Å². The summed E-state index contributed by atoms with van der Waals surface area (Å²) in [7, 11) is -0.284. The fourth-order valence-corrected chi connectivity index (χ4v) is 4.49. The predicted octanol–water partition coefficient (Wildman–Crippen LogP) is 3.74. The van der Waals surface area contributed by atoms with Gasteiger partial charge in [0, 0.05) is 36.0 Å². The van der Waals surface area contributed by atoms with Gasteiger partial charge in [0.15, 0.2) is 9.84 Å². The van der Waals surface area contributed by atoms with Gasteiger partial charge in [0.25, 0.3) is 5.56 Å². The van der Waals surface area contributed by atoms with Crippen LogP contribution in [0.1, 0.15) is 6.92 Å². The summed E-state index contributed by atoms with van der Waals surface area (Å²) in [6, 6.07) is 9.97. The van der Waals surface area contributed by atoms with Crippen LogP contribution in [0.3, 0.4) is 0 Å². The first-order chi connectivity index (χ1) is 15.3. The maximum atomic E-state index is 12.8. The Bertz CT molecular complexity index is 1560. The molecule has 2 aromatic carbocycles. The molecule has 0 aliphatic carbocycles. The summed E-state index contributed by atoms with van der Waals surface area (Å²) < 4.78 is 33.6. The minimum absolute atomic E-state index is 0.0281. The van der Waals surface area contributed by atoms with Crippen LogP contribution < -0.4 is 10.3 Å². The topological polar surface area (TPSA) is 87.5 Å². The lowest BCUT2D eigenvalue weighted by Gasteiger charge is -2.15. The molecule has 8 nitrogen and oxygen atoms in total. The molecule has 0 saturated carbocycles. The summed E-state index contributed by atoms with van der Waals surface area (Å²) in [6.07, 6.45) is 4.73. The van der Waals surface area contributed by atoms with Crippen molar-refractivity contribution in [1.29, 1.82) is 0 Å². The molecule has 0 aliphatic heterocycles. The molecule has 0 aliphatic rings. The highest BCUT2D eigenvalue weighted by Crippen LogP contribution is 2.36. The largest absolute Gasteiger partial charge is 0.496 e. The summed E-state index contributed by atoms with van der Waals surface area (Å²) >= 11 is 0. The Labute approximate surface area is 185 Å². The Hall–Kier alpha value is -3.90. The number of sulfone groups is 1. The quantitative estimate of drug-likeness (QED) is 0.434. The summed E-state index contributed by atoms with van der Waals surface area (Å²) in [5.41, 5.74) is 2.08. The van der Waals surface area contributed by atoms with Crippen molar-refractivity contribution in [2.24, 2.45) is 7.05 Å². The van der Waals surface area contributed by atoms with E-state index in [0.717, 1.165) is 0 Å². The van der Waals surface area contributed by atoms with Gasteiger partial charge in [-0.25, -0.2) is 13.3 Å². The maximum Gasteiger partial charge on any atom is 0.258 e. The fraction of sp³-hybridized carbons (Fsp3) is 0.174. The molecular weight excluding hydrogens is 428 g/mol. The van der Waals surface area contributed by atoms with Gasteiger partial charge in [-0.3, -0.25) is 9.48 Å². The minimum Gasteiger partial charge on any atom is -0.496 e. The summed E-state index contributed by atoms with van der Waals surface area (Å²) in [5.74, 6) is 0.458. The van der Waals surface area contributed by atoms with Crippen molar-refractivity contribution >= 4 is 26.3 Å². The van der Waals surface area contributed by atoms with Gasteiger partial charge in [-0.1, -0.05) is 6.92 Å². The van der Waals surface area contributed by atoms with Crippen molar-refractivity contribution in [2.45, 2.75) is 11.8 Å². The summed E-state index contributed by atoms with van der Waals surface area (Å²) in [6.45, 7) is 8.74. The first-order valence-electron chi connectivity index (χ1n) is 9.76. The Morgan fingerprint density at radius 1 is 1.09 bits per heavy atom. The van der Waals surface area contributed by atoms with E-state index in [1.165, 1.54) is 23.9 Å². The smallest absolute Gasteiger partial charge is 0.258 e. The van der Waals surface area contributed by atoms with E-state index in [1.54, 1.807) is 61.4 Å². The van der Waals surface area contributed by atoms with E-state index in [9.17, 15) is 13.2 Å². The minimum atomic E-state index is -3.44. The van der Waals surface area contributed by atoms with Crippen LogP contribution >= 0.6 is 0 Å². The summed E-state index contributed by atoms with van der Waals surface area (Å²) in [5, 5.41) is 5.30. The first kappa shape index (κ1) is 21.3. The second-order valence-electron chi connectivity index (χ2n) is 7.21. The molecule has 4 aromatic rings. The lowest BCUT2D eigenvalue weighted by Crippen LogP contribution is -2.17. The van der Waals surface area contributed by atoms with Crippen LogP contribution in [0.15, 0.2) is 64.7 Å². The van der Waals surface area contributed by atoms with Gasteiger partial charge >= 0.3 is 0 Å². The van der Waals surface area contributed by atoms with Crippen molar-refractivity contribution in [1.82, 2.24) is 14.3 Å². The number of fused-ring (bicyclic) bond motifs is 1. The third-order valence-electron chi connectivity index (χ3n) is 5.33. The van der Waals surface area contributed by atoms with Crippen molar-refractivity contribution < 1.29 is 13.2 Å². The van der Waals surface area contributed by atoms with E-state index >= 15 is 0 Å². The molecule has 0 fully saturated rings. The molecule has 4 rings (SSSR count). The lowest BCUT2D eigenvalue weighted by molar-refractivity contribution is 0.416. The molecule has 2 heterocycles. The van der Waals surface area contributed by atoms with Gasteiger partial charge in [-0.15, -0.1) is 0 Å². The Morgan fingerprint density at radius 2 is 1.88 bits per heavy atom. The zero-order chi connectivity index (χ0) is 23.0. The van der Waals surface area contributed by atoms with E-state index in [0.29, 0.717) is 39.0 Å². The van der Waals surface area contributed by atoms with Crippen molar-refractivity contribution in [3.63, 3.8) is 0 Å². The van der Waals surface area contributed by atoms with Crippen molar-refractivity contribution in [3.05, 3.63) is 76.8 Å². The standard InChI is InChI=1S/C23H20N4O4S/c1-5-32(29,30)17-7-9-22(31-4)20(11-17)21-14-26(3)23(28)18-8-6-16(10-19(18)21)27-13-15(24-2)12-25-27/h6-14H,5H2,1,3-4H3. The van der Waals surface area contributed by atoms with Gasteiger partial charge < -0.3 is 9.30 Å². The lowest BCUT2D eigenvalue weighted by atomic mass is 9.99. The van der Waals surface area contributed by atoms with Gasteiger partial charge in [0.2, 0.25) is 5.69 Å². The Morgan fingerprint density at radius 3 is 2.53 bits per heavy atom. The highest BCUT2D eigenvalue weighted by molar-refractivity contribution is 7.91. The second kappa shape index (κ2) is 7.98. The molecule has 0 saturated heterocycles. The van der Waals surface area contributed by atoms with E-state index in [2.05, 4.69) is 9.94 Å². The van der Waals surface area contributed by atoms with Crippen LogP contribution in [0.25, 0.3) is 32.4 Å². The zero-order valence-electron chi connectivity index (χ0n) is 17.7. The molecule has 0 spiro atoms. The molecule has 9 heteroatoms. The average molecular weight is 449 g/mol. The molecule has 0 atom stereocenters. The van der Waals surface area contributed by atoms with Crippen molar-refractivity contribution in [3.8, 4) is 22.6 Å². The van der Waals surface area contributed by atoms with Crippen LogP contribution in [-0.4, -0.2) is 35.6 Å². The Balaban J connectivity index is 2.05. The number of nitrogens with zero attached hydrogens (tertiary/aromatic N) is 4. The first-order valence-corrected chi connectivity index (χ1v) is 11.4. The molecule has 0 bridgehead atoms. The molecule has 162 valence electrons. The Kier molecular flexibility index (Phi) is 5.32.